The first-order valence-electron chi connectivity index (χ1n) is 8.01. The Bertz CT molecular complexity index is 897. The fourth-order valence-corrected chi connectivity index (χ4v) is 3.00. The largest absolute Gasteiger partial charge is 0.378 e. The average molecular weight is 322 g/mol. The lowest BCUT2D eigenvalue weighted by atomic mass is 10.1. The van der Waals surface area contributed by atoms with Crippen LogP contribution in [0.2, 0.25) is 0 Å². The molecule has 1 fully saturated rings. The molecule has 1 amide bonds. The van der Waals surface area contributed by atoms with Crippen molar-refractivity contribution in [2.45, 2.75) is 6.92 Å². The monoisotopic (exact) mass is 322 g/mol. The third kappa shape index (κ3) is 2.55. The highest BCUT2D eigenvalue weighted by atomic mass is 16.5. The summed E-state index contributed by atoms with van der Waals surface area (Å²) in [5.74, 6) is -0.0396. The van der Waals surface area contributed by atoms with Gasteiger partial charge in [-0.2, -0.15) is 5.10 Å². The molecule has 6 heteroatoms. The van der Waals surface area contributed by atoms with Crippen molar-refractivity contribution in [2.75, 3.05) is 26.3 Å². The van der Waals surface area contributed by atoms with Crippen LogP contribution in [0.1, 0.15) is 15.9 Å². The van der Waals surface area contributed by atoms with Gasteiger partial charge in [0.05, 0.1) is 25.1 Å². The summed E-state index contributed by atoms with van der Waals surface area (Å²) in [4.78, 5) is 18.9. The lowest BCUT2D eigenvalue weighted by molar-refractivity contribution is 0.0304. The van der Waals surface area contributed by atoms with Crippen molar-refractivity contribution in [3.05, 3.63) is 53.9 Å². The molecule has 0 aliphatic carbocycles. The van der Waals surface area contributed by atoms with E-state index in [1.165, 1.54) is 5.56 Å². The van der Waals surface area contributed by atoms with Gasteiger partial charge in [0, 0.05) is 24.8 Å². The van der Waals surface area contributed by atoms with Crippen molar-refractivity contribution in [3.63, 3.8) is 0 Å². The molecule has 0 spiro atoms. The van der Waals surface area contributed by atoms with Crippen molar-refractivity contribution < 1.29 is 9.53 Å². The third-order valence-corrected chi connectivity index (χ3v) is 4.24. The summed E-state index contributed by atoms with van der Waals surface area (Å²) < 4.78 is 7.05. The quantitative estimate of drug-likeness (QED) is 0.725. The first-order chi connectivity index (χ1) is 11.7. The van der Waals surface area contributed by atoms with E-state index >= 15 is 0 Å². The lowest BCUT2D eigenvalue weighted by Crippen LogP contribution is -2.40. The van der Waals surface area contributed by atoms with E-state index < -0.39 is 0 Å². The van der Waals surface area contributed by atoms with Crippen LogP contribution in [-0.4, -0.2) is 51.7 Å². The van der Waals surface area contributed by atoms with Crippen LogP contribution < -0.4 is 0 Å². The fraction of sp³-hybridized carbons (Fsp3) is 0.278. The number of carbonyl (C=O) groups excluding carboxylic acids is 1. The van der Waals surface area contributed by atoms with Crippen LogP contribution >= 0.6 is 0 Å². The summed E-state index contributed by atoms with van der Waals surface area (Å²) in [6.07, 6.45) is 3.34. The molecule has 1 aliphatic rings. The molecule has 1 aliphatic heterocycles. The van der Waals surface area contributed by atoms with Crippen molar-refractivity contribution in [3.8, 4) is 11.3 Å². The predicted molar refractivity (Wildman–Crippen MR) is 89.9 cm³/mol. The molecule has 3 aromatic rings. The van der Waals surface area contributed by atoms with Gasteiger partial charge in [-0.15, -0.1) is 0 Å². The number of aryl methyl sites for hydroxylation is 1. The third-order valence-electron chi connectivity index (χ3n) is 4.24. The highest BCUT2D eigenvalue weighted by molar-refractivity contribution is 6.00. The Kier molecular flexibility index (Phi) is 3.74. The number of morpholine rings is 1. The zero-order chi connectivity index (χ0) is 16.5. The number of aromatic nitrogens is 3. The van der Waals surface area contributed by atoms with Gasteiger partial charge < -0.3 is 9.64 Å². The van der Waals surface area contributed by atoms with Crippen molar-refractivity contribution in [1.82, 2.24) is 19.5 Å². The summed E-state index contributed by atoms with van der Waals surface area (Å²) in [6, 6.07) is 10.1. The number of ether oxygens (including phenoxy) is 1. The molecular weight excluding hydrogens is 304 g/mol. The first-order valence-corrected chi connectivity index (χ1v) is 8.01. The van der Waals surface area contributed by atoms with E-state index in [2.05, 4.69) is 29.1 Å². The van der Waals surface area contributed by atoms with Gasteiger partial charge in [-0.25, -0.2) is 9.50 Å². The Morgan fingerprint density at radius 2 is 2.04 bits per heavy atom. The molecule has 0 bridgehead atoms. The highest BCUT2D eigenvalue weighted by Gasteiger charge is 2.23. The topological polar surface area (TPSA) is 59.7 Å². The highest BCUT2D eigenvalue weighted by Crippen LogP contribution is 2.22. The number of hydrogen-bond acceptors (Lipinski definition) is 4. The zero-order valence-electron chi connectivity index (χ0n) is 13.5. The van der Waals surface area contributed by atoms with E-state index in [1.54, 1.807) is 21.8 Å². The van der Waals surface area contributed by atoms with Gasteiger partial charge in [0.2, 0.25) is 0 Å². The maximum Gasteiger partial charge on any atom is 0.259 e. The second-order valence-electron chi connectivity index (χ2n) is 5.90. The number of hydrogen-bond donors (Lipinski definition) is 0. The maximum atomic E-state index is 12.8. The summed E-state index contributed by atoms with van der Waals surface area (Å²) in [5.41, 5.74) is 4.27. The maximum absolute atomic E-state index is 12.8. The molecule has 0 N–H and O–H groups in total. The van der Waals surface area contributed by atoms with Gasteiger partial charge in [-0.05, 0) is 19.1 Å². The molecule has 3 heterocycles. The average Bonchev–Trinajstić information content (AvgIpc) is 3.06. The minimum absolute atomic E-state index is 0.0396. The van der Waals surface area contributed by atoms with E-state index in [9.17, 15) is 4.79 Å². The summed E-state index contributed by atoms with van der Waals surface area (Å²) in [5, 5.41) is 4.42. The molecular formula is C18H18N4O2. The Morgan fingerprint density at radius 1 is 1.21 bits per heavy atom. The minimum Gasteiger partial charge on any atom is -0.378 e. The summed E-state index contributed by atoms with van der Waals surface area (Å²) in [7, 11) is 0. The van der Waals surface area contributed by atoms with Crippen LogP contribution in [0.4, 0.5) is 0 Å². The molecule has 24 heavy (non-hydrogen) atoms. The number of fused-ring (bicyclic) bond motifs is 1. The van der Waals surface area contributed by atoms with Crippen LogP contribution in [0, 0.1) is 6.92 Å². The minimum atomic E-state index is -0.0396. The van der Waals surface area contributed by atoms with Gasteiger partial charge in [-0.3, -0.25) is 4.79 Å². The van der Waals surface area contributed by atoms with E-state index in [1.807, 2.05) is 18.2 Å². The molecule has 1 aromatic carbocycles. The van der Waals surface area contributed by atoms with Gasteiger partial charge in [0.15, 0.2) is 5.65 Å². The van der Waals surface area contributed by atoms with E-state index in [4.69, 9.17) is 4.74 Å². The second kappa shape index (κ2) is 6.05. The molecule has 0 atom stereocenters. The number of benzene rings is 1. The number of carbonyl (C=O) groups is 1. The predicted octanol–water partition coefficient (Wildman–Crippen LogP) is 2.18. The fourth-order valence-electron chi connectivity index (χ4n) is 3.00. The molecule has 0 unspecified atom stereocenters. The molecule has 0 radical (unpaired) electrons. The molecule has 0 saturated carbocycles. The molecule has 122 valence electrons. The molecule has 2 aromatic heterocycles. The Balaban J connectivity index is 1.77. The number of rotatable bonds is 2. The van der Waals surface area contributed by atoms with Gasteiger partial charge in [0.1, 0.15) is 5.56 Å². The first kappa shape index (κ1) is 14.8. The van der Waals surface area contributed by atoms with Crippen LogP contribution in [0.3, 0.4) is 0 Å². The van der Waals surface area contributed by atoms with Gasteiger partial charge in [-0.1, -0.05) is 23.8 Å². The number of nitrogens with zero attached hydrogens (tertiary/aromatic N) is 4. The zero-order valence-corrected chi connectivity index (χ0v) is 13.5. The van der Waals surface area contributed by atoms with Crippen LogP contribution in [0.15, 0.2) is 42.7 Å². The van der Waals surface area contributed by atoms with Crippen molar-refractivity contribution in [2.24, 2.45) is 0 Å². The Morgan fingerprint density at radius 3 is 2.83 bits per heavy atom. The van der Waals surface area contributed by atoms with E-state index in [-0.39, 0.29) is 5.91 Å². The van der Waals surface area contributed by atoms with Crippen molar-refractivity contribution >= 4 is 11.6 Å². The van der Waals surface area contributed by atoms with E-state index in [0.717, 1.165) is 11.3 Å². The smallest absolute Gasteiger partial charge is 0.259 e. The van der Waals surface area contributed by atoms with E-state index in [0.29, 0.717) is 37.5 Å². The van der Waals surface area contributed by atoms with Crippen LogP contribution in [0.5, 0.6) is 0 Å². The summed E-state index contributed by atoms with van der Waals surface area (Å²) in [6.45, 7) is 4.42. The van der Waals surface area contributed by atoms with Crippen LogP contribution in [-0.2, 0) is 4.74 Å². The normalized spacial score (nSPS) is 15.0. The van der Waals surface area contributed by atoms with Crippen LogP contribution in [0.25, 0.3) is 16.9 Å². The number of amides is 1. The standard InChI is InChI=1S/C18H18N4O2/c1-13-3-2-4-14(11-13)16-5-6-19-17-15(12-20-22(16)17)18(23)21-7-9-24-10-8-21/h2-6,11-12H,7-10H2,1H3. The SMILES string of the molecule is Cc1cccc(-c2ccnc3c(C(=O)N4CCOCC4)cnn23)c1. The summed E-state index contributed by atoms with van der Waals surface area (Å²) >= 11 is 0. The molecule has 6 nitrogen and oxygen atoms in total. The Labute approximate surface area is 139 Å². The van der Waals surface area contributed by atoms with Gasteiger partial charge in [0.25, 0.3) is 5.91 Å². The second-order valence-corrected chi connectivity index (χ2v) is 5.90. The lowest BCUT2D eigenvalue weighted by Gasteiger charge is -2.26. The van der Waals surface area contributed by atoms with Gasteiger partial charge >= 0.3 is 0 Å². The molecule has 4 rings (SSSR count). The van der Waals surface area contributed by atoms with Crippen molar-refractivity contribution in [1.29, 1.82) is 0 Å². The molecule has 1 saturated heterocycles. The Hall–Kier alpha value is -2.73.